The quantitative estimate of drug-likeness (QED) is 0.448. The van der Waals surface area contributed by atoms with Crippen LogP contribution in [0.1, 0.15) is 6.42 Å². The van der Waals surface area contributed by atoms with Crippen LogP contribution in [0.15, 0.2) is 24.3 Å². The molecule has 0 bridgehead atoms. The molecule has 7 nitrogen and oxygen atoms in total. The second kappa shape index (κ2) is 7.04. The van der Waals surface area contributed by atoms with Crippen LogP contribution in [0, 0.1) is 0 Å². The Kier molecular flexibility index (Phi) is 5.51. The van der Waals surface area contributed by atoms with E-state index in [-0.39, 0.29) is 11.4 Å². The third-order valence-electron chi connectivity index (χ3n) is 4.52. The van der Waals surface area contributed by atoms with E-state index >= 15 is 0 Å². The van der Waals surface area contributed by atoms with E-state index in [0.717, 1.165) is 37.2 Å². The molecule has 2 rings (SSSR count). The van der Waals surface area contributed by atoms with Crippen LogP contribution in [0.25, 0.3) is 0 Å². The topological polar surface area (TPSA) is 86.9 Å². The molecular weight excluding hydrogens is 316 g/mol. The summed E-state index contributed by atoms with van der Waals surface area (Å²) >= 11 is 0. The van der Waals surface area contributed by atoms with Crippen molar-refractivity contribution in [1.82, 2.24) is 4.90 Å². The Bertz CT molecular complexity index is 610. The minimum Gasteiger partial charge on any atom is -0.399 e. The largest absolute Gasteiger partial charge is 0.399 e. The first-order valence-electron chi connectivity index (χ1n) is 7.81. The van der Waals surface area contributed by atoms with Crippen LogP contribution in [0.3, 0.4) is 0 Å². The van der Waals surface area contributed by atoms with Crippen molar-refractivity contribution in [1.29, 1.82) is 0 Å². The van der Waals surface area contributed by atoms with E-state index in [1.807, 2.05) is 0 Å². The molecule has 1 heterocycles. The predicted molar refractivity (Wildman–Crippen MR) is 91.8 cm³/mol. The van der Waals surface area contributed by atoms with Crippen molar-refractivity contribution in [3.63, 3.8) is 0 Å². The summed E-state index contributed by atoms with van der Waals surface area (Å²) in [5.41, 5.74) is 6.30. The Labute approximate surface area is 138 Å². The van der Waals surface area contributed by atoms with E-state index in [9.17, 15) is 13.6 Å². The van der Waals surface area contributed by atoms with Gasteiger partial charge in [0.15, 0.2) is 0 Å². The van der Waals surface area contributed by atoms with Gasteiger partial charge in [0.2, 0.25) is 0 Å². The lowest BCUT2D eigenvalue weighted by Gasteiger charge is -2.41. The number of hydrogen-bond acceptors (Lipinski definition) is 5. The summed E-state index contributed by atoms with van der Waals surface area (Å²) in [5, 5.41) is 9.97. The maximum Gasteiger partial charge on any atom is 0.257 e. The maximum atomic E-state index is 12.2. The normalized spacial score (nSPS) is 18.7. The molecule has 1 aromatic carbocycles. The van der Waals surface area contributed by atoms with Crippen LogP contribution in [-0.4, -0.2) is 75.6 Å². The highest BCUT2D eigenvalue weighted by atomic mass is 32.2. The minimum absolute atomic E-state index is 0.0719. The van der Waals surface area contributed by atoms with Crippen molar-refractivity contribution in [2.75, 3.05) is 62.8 Å². The molecule has 1 aliphatic rings. The van der Waals surface area contributed by atoms with Gasteiger partial charge in [-0.3, -0.25) is 10.1 Å². The average molecular weight is 343 g/mol. The van der Waals surface area contributed by atoms with Gasteiger partial charge in [0, 0.05) is 25.2 Å². The molecule has 0 saturated carbocycles. The number of piperazine rings is 1. The third-order valence-corrected chi connectivity index (χ3v) is 6.06. The summed E-state index contributed by atoms with van der Waals surface area (Å²) in [6.45, 7) is 4.90. The van der Waals surface area contributed by atoms with Gasteiger partial charge in [0.05, 0.1) is 38.1 Å². The molecule has 1 fully saturated rings. The fourth-order valence-electron chi connectivity index (χ4n) is 2.75. The van der Waals surface area contributed by atoms with Crippen molar-refractivity contribution in [2.45, 2.75) is 6.42 Å². The lowest BCUT2D eigenvalue weighted by molar-refractivity contribution is -0.913. The Morgan fingerprint density at radius 3 is 2.39 bits per heavy atom. The van der Waals surface area contributed by atoms with Gasteiger partial charge in [0.25, 0.3) is 10.0 Å². The lowest BCUT2D eigenvalue weighted by Crippen LogP contribution is -2.56. The van der Waals surface area contributed by atoms with Crippen LogP contribution in [0.4, 0.5) is 11.4 Å². The SMILES string of the molecule is CN1CC[N+](C)(CCCS(=O)(=O)N(O)c2ccc(N)cc2)CC1. The number of anilines is 2. The number of nitrogens with zero attached hydrogens (tertiary/aromatic N) is 3. The number of sulfonamides is 1. The first-order valence-corrected chi connectivity index (χ1v) is 9.42. The number of nitrogens with two attached hydrogens (primary N) is 1. The first kappa shape index (κ1) is 18.0. The molecule has 1 aliphatic heterocycles. The van der Waals surface area contributed by atoms with Gasteiger partial charge >= 0.3 is 0 Å². The smallest absolute Gasteiger partial charge is 0.257 e. The fourth-order valence-corrected chi connectivity index (χ4v) is 3.86. The zero-order valence-electron chi connectivity index (χ0n) is 13.9. The number of likely N-dealkylation sites (N-methyl/N-ethyl adjacent to an activating group) is 2. The number of benzene rings is 1. The predicted octanol–water partition coefficient (Wildman–Crippen LogP) is 0.576. The van der Waals surface area contributed by atoms with Crippen molar-refractivity contribution in [2.24, 2.45) is 0 Å². The molecule has 0 atom stereocenters. The van der Waals surface area contributed by atoms with E-state index in [4.69, 9.17) is 5.73 Å². The first-order chi connectivity index (χ1) is 10.7. The zero-order valence-corrected chi connectivity index (χ0v) is 14.7. The Morgan fingerprint density at radius 2 is 1.83 bits per heavy atom. The summed E-state index contributed by atoms with van der Waals surface area (Å²) in [7, 11) is 0.528. The van der Waals surface area contributed by atoms with Gasteiger partial charge < -0.3 is 10.2 Å². The fraction of sp³-hybridized carbons (Fsp3) is 0.600. The van der Waals surface area contributed by atoms with Crippen LogP contribution in [0.2, 0.25) is 0 Å². The van der Waals surface area contributed by atoms with Gasteiger partial charge in [-0.1, -0.05) is 0 Å². The molecule has 0 amide bonds. The molecule has 0 aromatic heterocycles. The monoisotopic (exact) mass is 343 g/mol. The van der Waals surface area contributed by atoms with Crippen molar-refractivity contribution in [3.05, 3.63) is 24.3 Å². The molecule has 0 aliphatic carbocycles. The summed E-state index contributed by atoms with van der Waals surface area (Å²) in [4.78, 5) is 2.29. The van der Waals surface area contributed by atoms with E-state index in [1.54, 1.807) is 12.1 Å². The Morgan fingerprint density at radius 1 is 1.26 bits per heavy atom. The summed E-state index contributed by atoms with van der Waals surface area (Å²) < 4.78 is 25.7. The van der Waals surface area contributed by atoms with Crippen LogP contribution in [-0.2, 0) is 10.0 Å². The van der Waals surface area contributed by atoms with E-state index in [2.05, 4.69) is 19.0 Å². The van der Waals surface area contributed by atoms with Crippen LogP contribution >= 0.6 is 0 Å². The Hall–Kier alpha value is -1.35. The zero-order chi connectivity index (χ0) is 17.1. The summed E-state index contributed by atoms with van der Waals surface area (Å²) in [6.07, 6.45) is 0.522. The standard InChI is InChI=1S/C15H27N4O3S/c1-17-8-11-19(2,12-9-17)10-3-13-23(21,22)18(20)15-6-4-14(16)5-7-15/h4-7,20H,3,8-13,16H2,1-2H3/q+1. The summed E-state index contributed by atoms with van der Waals surface area (Å²) in [5.74, 6) is -0.0719. The molecule has 23 heavy (non-hydrogen) atoms. The second-order valence-electron chi connectivity index (χ2n) is 6.60. The molecule has 130 valence electrons. The molecule has 0 unspecified atom stereocenters. The maximum absolute atomic E-state index is 12.2. The van der Waals surface area contributed by atoms with Crippen LogP contribution in [0.5, 0.6) is 0 Å². The molecule has 1 saturated heterocycles. The second-order valence-corrected chi connectivity index (χ2v) is 8.52. The number of rotatable bonds is 6. The summed E-state index contributed by atoms with van der Waals surface area (Å²) in [6, 6.07) is 6.09. The molecule has 0 radical (unpaired) electrons. The van der Waals surface area contributed by atoms with Crippen LogP contribution < -0.4 is 10.2 Å². The highest BCUT2D eigenvalue weighted by Crippen LogP contribution is 2.19. The molecule has 8 heteroatoms. The van der Waals surface area contributed by atoms with Gasteiger partial charge in [-0.25, -0.2) is 8.42 Å². The molecule has 3 N–H and O–H groups in total. The van der Waals surface area contributed by atoms with Gasteiger partial charge in [0.1, 0.15) is 0 Å². The highest BCUT2D eigenvalue weighted by Gasteiger charge is 2.28. The van der Waals surface area contributed by atoms with Gasteiger partial charge in [-0.15, -0.1) is 4.47 Å². The Balaban J connectivity index is 1.90. The van der Waals surface area contributed by atoms with Crippen molar-refractivity contribution < 1.29 is 18.1 Å². The van der Waals surface area contributed by atoms with E-state index in [0.29, 0.717) is 16.6 Å². The van der Waals surface area contributed by atoms with Gasteiger partial charge in [-0.2, -0.15) is 0 Å². The molecular formula is C15H27N4O3S+. The third kappa shape index (κ3) is 4.81. The highest BCUT2D eigenvalue weighted by molar-refractivity contribution is 7.92. The van der Waals surface area contributed by atoms with Gasteiger partial charge in [-0.05, 0) is 31.3 Å². The number of nitrogen functional groups attached to an aromatic ring is 1. The lowest BCUT2D eigenvalue weighted by atomic mass is 10.2. The minimum atomic E-state index is -3.74. The molecule has 1 aromatic rings. The molecule has 0 spiro atoms. The number of hydrogen-bond donors (Lipinski definition) is 2. The van der Waals surface area contributed by atoms with E-state index < -0.39 is 10.0 Å². The average Bonchev–Trinajstić information content (AvgIpc) is 2.50. The number of quaternary nitrogens is 1. The van der Waals surface area contributed by atoms with E-state index in [1.165, 1.54) is 12.1 Å². The van der Waals surface area contributed by atoms with Crippen molar-refractivity contribution >= 4 is 21.4 Å². The van der Waals surface area contributed by atoms with Crippen molar-refractivity contribution in [3.8, 4) is 0 Å².